The van der Waals surface area contributed by atoms with E-state index in [0.29, 0.717) is 5.82 Å². The van der Waals surface area contributed by atoms with Crippen molar-refractivity contribution in [1.29, 1.82) is 0 Å². The summed E-state index contributed by atoms with van der Waals surface area (Å²) in [7, 11) is 0. The van der Waals surface area contributed by atoms with Gasteiger partial charge in [0.05, 0.1) is 5.57 Å². The lowest BCUT2D eigenvalue weighted by molar-refractivity contribution is -0.0689. The van der Waals surface area contributed by atoms with E-state index in [1.54, 1.807) is 0 Å². The molecule has 0 saturated heterocycles. The van der Waals surface area contributed by atoms with Crippen molar-refractivity contribution in [3.8, 4) is 0 Å². The minimum atomic E-state index is -4.65. The van der Waals surface area contributed by atoms with Crippen LogP contribution in [0.2, 0.25) is 0 Å². The van der Waals surface area contributed by atoms with Gasteiger partial charge in [0.25, 0.3) is 0 Å². The number of hydrogen-bond donors (Lipinski definition) is 0. The van der Waals surface area contributed by atoms with Gasteiger partial charge in [-0.3, -0.25) is 0 Å². The SMILES string of the molecule is CC(C)(C)c1ncc(C(=C(Cl)Cl)C(F)(F)F)cn1. The van der Waals surface area contributed by atoms with Crippen LogP contribution >= 0.6 is 23.2 Å². The maximum Gasteiger partial charge on any atom is 0.419 e. The van der Waals surface area contributed by atoms with Crippen molar-refractivity contribution in [2.75, 3.05) is 0 Å². The minimum Gasteiger partial charge on any atom is -0.240 e. The van der Waals surface area contributed by atoms with E-state index < -0.39 is 16.2 Å². The van der Waals surface area contributed by atoms with Crippen molar-refractivity contribution in [1.82, 2.24) is 9.97 Å². The highest BCUT2D eigenvalue weighted by atomic mass is 35.5. The molecule has 2 nitrogen and oxygen atoms in total. The van der Waals surface area contributed by atoms with Crippen LogP contribution in [0.15, 0.2) is 16.9 Å². The molecule has 0 radical (unpaired) electrons. The van der Waals surface area contributed by atoms with E-state index in [0.717, 1.165) is 12.4 Å². The van der Waals surface area contributed by atoms with Crippen LogP contribution in [-0.4, -0.2) is 16.1 Å². The van der Waals surface area contributed by atoms with Crippen LogP contribution in [0.3, 0.4) is 0 Å². The van der Waals surface area contributed by atoms with Crippen molar-refractivity contribution in [3.05, 3.63) is 28.3 Å². The second-order valence-corrected chi connectivity index (χ2v) is 5.63. The zero-order valence-electron chi connectivity index (χ0n) is 9.94. The van der Waals surface area contributed by atoms with E-state index in [9.17, 15) is 13.2 Å². The summed E-state index contributed by atoms with van der Waals surface area (Å²) < 4.78 is 37.3. The maximum atomic E-state index is 12.7. The molecule has 100 valence electrons. The molecule has 0 fully saturated rings. The molecule has 0 atom stereocenters. The monoisotopic (exact) mass is 298 g/mol. The fourth-order valence-electron chi connectivity index (χ4n) is 1.22. The Hall–Kier alpha value is -0.810. The Labute approximate surface area is 113 Å². The van der Waals surface area contributed by atoms with Crippen LogP contribution in [0.1, 0.15) is 32.2 Å². The van der Waals surface area contributed by atoms with Crippen LogP contribution < -0.4 is 0 Å². The van der Waals surface area contributed by atoms with Crippen molar-refractivity contribution in [3.63, 3.8) is 0 Å². The summed E-state index contributed by atoms with van der Waals surface area (Å²) in [5.74, 6) is 0.443. The quantitative estimate of drug-likeness (QED) is 0.764. The molecule has 0 unspecified atom stereocenters. The third-order valence-electron chi connectivity index (χ3n) is 2.08. The number of alkyl halides is 3. The smallest absolute Gasteiger partial charge is 0.240 e. The highest BCUT2D eigenvalue weighted by molar-refractivity contribution is 6.58. The highest BCUT2D eigenvalue weighted by Crippen LogP contribution is 2.38. The summed E-state index contributed by atoms with van der Waals surface area (Å²) in [4.78, 5) is 7.81. The molecule has 1 rings (SSSR count). The predicted octanol–water partition coefficient (Wildman–Crippen LogP) is 4.48. The van der Waals surface area contributed by atoms with Gasteiger partial charge in [0, 0.05) is 23.4 Å². The highest BCUT2D eigenvalue weighted by Gasteiger charge is 2.37. The molecule has 0 aliphatic rings. The normalized spacial score (nSPS) is 12.4. The molecule has 7 heteroatoms. The topological polar surface area (TPSA) is 25.8 Å². The maximum absolute atomic E-state index is 12.7. The summed E-state index contributed by atoms with van der Waals surface area (Å²) in [6, 6.07) is 0. The Balaban J connectivity index is 3.24. The van der Waals surface area contributed by atoms with E-state index >= 15 is 0 Å². The van der Waals surface area contributed by atoms with Crippen molar-refractivity contribution in [2.24, 2.45) is 0 Å². The average Bonchev–Trinajstić information content (AvgIpc) is 2.13. The van der Waals surface area contributed by atoms with Gasteiger partial charge in [-0.25, -0.2) is 9.97 Å². The van der Waals surface area contributed by atoms with Gasteiger partial charge in [-0.2, -0.15) is 13.2 Å². The molecule has 0 aliphatic heterocycles. The second kappa shape index (κ2) is 5.05. The number of hydrogen-bond acceptors (Lipinski definition) is 2. The van der Waals surface area contributed by atoms with E-state index in [-0.39, 0.29) is 11.0 Å². The van der Waals surface area contributed by atoms with Gasteiger partial charge < -0.3 is 0 Å². The lowest BCUT2D eigenvalue weighted by Gasteiger charge is -2.17. The first-order valence-electron chi connectivity index (χ1n) is 4.99. The molecule has 0 saturated carbocycles. The predicted molar refractivity (Wildman–Crippen MR) is 65.4 cm³/mol. The number of allylic oxidation sites excluding steroid dienone is 1. The molecule has 0 aliphatic carbocycles. The molecule has 1 aromatic heterocycles. The van der Waals surface area contributed by atoms with Gasteiger partial charge in [0.1, 0.15) is 10.3 Å². The van der Waals surface area contributed by atoms with Crippen LogP contribution in [0.25, 0.3) is 5.57 Å². The standard InChI is InChI=1S/C11H11Cl2F3N2/c1-10(2,3)9-17-4-6(5-18-9)7(8(12)13)11(14,15)16/h4-5H,1-3H3. The van der Waals surface area contributed by atoms with Crippen LogP contribution in [0.5, 0.6) is 0 Å². The molecule has 0 spiro atoms. The molecule has 0 aromatic carbocycles. The summed E-state index contributed by atoms with van der Waals surface area (Å²) in [6.45, 7) is 5.57. The zero-order chi connectivity index (χ0) is 14.1. The molecular weight excluding hydrogens is 288 g/mol. The first kappa shape index (κ1) is 15.2. The Bertz CT molecular complexity index is 455. The summed E-state index contributed by atoms with van der Waals surface area (Å²) in [5.41, 5.74) is -1.73. The van der Waals surface area contributed by atoms with E-state index in [1.807, 2.05) is 20.8 Å². The fraction of sp³-hybridized carbons (Fsp3) is 0.455. The van der Waals surface area contributed by atoms with Crippen LogP contribution in [0.4, 0.5) is 13.2 Å². The summed E-state index contributed by atoms with van der Waals surface area (Å²) in [6.07, 6.45) is -2.51. The number of rotatable bonds is 1. The van der Waals surface area contributed by atoms with E-state index in [1.165, 1.54) is 0 Å². The number of halogens is 5. The van der Waals surface area contributed by atoms with Gasteiger partial charge >= 0.3 is 6.18 Å². The van der Waals surface area contributed by atoms with E-state index in [4.69, 9.17) is 23.2 Å². The van der Waals surface area contributed by atoms with E-state index in [2.05, 4.69) is 9.97 Å². The van der Waals surface area contributed by atoms with Gasteiger partial charge in [0.15, 0.2) is 0 Å². The third-order valence-corrected chi connectivity index (χ3v) is 2.46. The Morgan fingerprint density at radius 2 is 1.50 bits per heavy atom. The summed E-state index contributed by atoms with van der Waals surface area (Å²) >= 11 is 10.5. The van der Waals surface area contributed by atoms with Gasteiger partial charge in [0.2, 0.25) is 0 Å². The lowest BCUT2D eigenvalue weighted by Crippen LogP contribution is -2.17. The molecule has 0 N–H and O–H groups in total. The Morgan fingerprint density at radius 3 is 1.78 bits per heavy atom. The summed E-state index contributed by atoms with van der Waals surface area (Å²) in [5, 5.41) is 0. The largest absolute Gasteiger partial charge is 0.419 e. The minimum absolute atomic E-state index is 0.254. The Morgan fingerprint density at radius 1 is 1.06 bits per heavy atom. The molecule has 0 bridgehead atoms. The zero-order valence-corrected chi connectivity index (χ0v) is 11.5. The van der Waals surface area contributed by atoms with Gasteiger partial charge in [-0.15, -0.1) is 0 Å². The molecule has 1 heterocycles. The third kappa shape index (κ3) is 3.59. The van der Waals surface area contributed by atoms with Crippen LogP contribution in [0, 0.1) is 0 Å². The first-order valence-corrected chi connectivity index (χ1v) is 5.74. The van der Waals surface area contributed by atoms with Crippen molar-refractivity contribution < 1.29 is 13.2 Å². The molecule has 0 amide bonds. The van der Waals surface area contributed by atoms with Crippen LogP contribution in [-0.2, 0) is 5.41 Å². The Kier molecular flexibility index (Phi) is 4.28. The second-order valence-electron chi connectivity index (χ2n) is 4.68. The van der Waals surface area contributed by atoms with Gasteiger partial charge in [-0.1, -0.05) is 44.0 Å². The van der Waals surface area contributed by atoms with Crippen molar-refractivity contribution >= 4 is 28.8 Å². The first-order chi connectivity index (χ1) is 8.03. The lowest BCUT2D eigenvalue weighted by atomic mass is 9.95. The molecule has 18 heavy (non-hydrogen) atoms. The van der Waals surface area contributed by atoms with Crippen molar-refractivity contribution in [2.45, 2.75) is 32.4 Å². The molecule has 1 aromatic rings. The fourth-order valence-corrected chi connectivity index (χ4v) is 1.66. The average molecular weight is 299 g/mol. The number of aromatic nitrogens is 2. The molecular formula is C11H11Cl2F3N2. The number of nitrogens with zero attached hydrogens (tertiary/aromatic N) is 2. The van der Waals surface area contributed by atoms with Gasteiger partial charge in [-0.05, 0) is 0 Å².